The second-order valence-corrected chi connectivity index (χ2v) is 5.32. The minimum absolute atomic E-state index is 0.0736. The van der Waals surface area contributed by atoms with Gasteiger partial charge in [-0.15, -0.1) is 0 Å². The Labute approximate surface area is 78.7 Å². The summed E-state index contributed by atoms with van der Waals surface area (Å²) < 4.78 is 22.5. The molecule has 0 aromatic carbocycles. The van der Waals surface area contributed by atoms with Crippen LogP contribution in [-0.4, -0.2) is 38.2 Å². The highest BCUT2D eigenvalue weighted by atomic mass is 32.2. The van der Waals surface area contributed by atoms with Gasteiger partial charge >= 0.3 is 0 Å². The highest BCUT2D eigenvalue weighted by molar-refractivity contribution is 7.91. The van der Waals surface area contributed by atoms with Crippen LogP contribution >= 0.6 is 0 Å². The molecule has 0 atom stereocenters. The largest absolute Gasteiger partial charge is 0.290 e. The third-order valence-electron chi connectivity index (χ3n) is 2.08. The van der Waals surface area contributed by atoms with Crippen LogP contribution in [0.1, 0.15) is 19.3 Å². The molecule has 1 heterocycles. The lowest BCUT2D eigenvalue weighted by atomic mass is 10.1. The highest BCUT2D eigenvalue weighted by Crippen LogP contribution is 2.09. The molecule has 0 aliphatic carbocycles. The van der Waals surface area contributed by atoms with Crippen LogP contribution in [0.4, 0.5) is 0 Å². The maximum Gasteiger partial charge on any atom is 0.189 e. The average molecular weight is 208 g/mol. The number of piperidine rings is 1. The summed E-state index contributed by atoms with van der Waals surface area (Å²) in [6.07, 6.45) is 3.36. The lowest BCUT2D eigenvalue weighted by Gasteiger charge is -2.25. The molecule has 1 aliphatic rings. The molecule has 0 unspecified atom stereocenters. The summed E-state index contributed by atoms with van der Waals surface area (Å²) >= 11 is 0. The fraction of sp³-hybridized carbons (Fsp3) is 1.00. The van der Waals surface area contributed by atoms with Gasteiger partial charge in [-0.1, -0.05) is 6.42 Å². The summed E-state index contributed by atoms with van der Waals surface area (Å²) in [4.78, 5) is 6.06. The molecule has 13 heavy (non-hydrogen) atoms. The standard InChI is InChI=1S/C7H16N2O3S/c8-12-7-13(10,11)6-9-4-2-1-3-5-9/h1-8H2. The zero-order valence-electron chi connectivity index (χ0n) is 7.61. The van der Waals surface area contributed by atoms with Crippen molar-refractivity contribution in [2.45, 2.75) is 19.3 Å². The molecule has 1 aliphatic heterocycles. The SMILES string of the molecule is NOCS(=O)(=O)CN1CCCCC1. The van der Waals surface area contributed by atoms with Crippen molar-refractivity contribution in [2.75, 3.05) is 24.9 Å². The molecular formula is C7H16N2O3S. The van der Waals surface area contributed by atoms with Crippen molar-refractivity contribution in [3.05, 3.63) is 0 Å². The van der Waals surface area contributed by atoms with Crippen LogP contribution in [0.15, 0.2) is 0 Å². The monoisotopic (exact) mass is 208 g/mol. The maximum absolute atomic E-state index is 11.3. The summed E-state index contributed by atoms with van der Waals surface area (Å²) in [5.41, 5.74) is 0. The zero-order chi connectivity index (χ0) is 9.73. The number of sulfone groups is 1. The first-order valence-electron chi connectivity index (χ1n) is 4.38. The van der Waals surface area contributed by atoms with E-state index < -0.39 is 9.84 Å². The van der Waals surface area contributed by atoms with Gasteiger partial charge in [0, 0.05) is 0 Å². The molecule has 1 fully saturated rings. The fourth-order valence-corrected chi connectivity index (χ4v) is 2.60. The number of likely N-dealkylation sites (tertiary alicyclic amines) is 1. The Bertz CT molecular complexity index is 234. The highest BCUT2D eigenvalue weighted by Gasteiger charge is 2.18. The van der Waals surface area contributed by atoms with E-state index in [2.05, 4.69) is 4.84 Å². The van der Waals surface area contributed by atoms with Gasteiger partial charge in [-0.2, -0.15) is 0 Å². The molecule has 0 radical (unpaired) electrons. The van der Waals surface area contributed by atoms with Crippen molar-refractivity contribution in [3.63, 3.8) is 0 Å². The molecule has 0 aromatic heterocycles. The Balaban J connectivity index is 2.37. The van der Waals surface area contributed by atoms with Gasteiger partial charge in [0.2, 0.25) is 0 Å². The minimum atomic E-state index is -3.15. The molecule has 0 aromatic rings. The molecule has 0 saturated carbocycles. The van der Waals surface area contributed by atoms with Gasteiger partial charge in [-0.3, -0.25) is 9.74 Å². The Morgan fingerprint density at radius 1 is 1.23 bits per heavy atom. The maximum atomic E-state index is 11.3. The van der Waals surface area contributed by atoms with Gasteiger partial charge in [0.1, 0.15) is 5.88 Å². The third-order valence-corrected chi connectivity index (χ3v) is 3.33. The topological polar surface area (TPSA) is 72.6 Å². The molecule has 0 spiro atoms. The predicted octanol–water partition coefficient (Wildman–Crippen LogP) is -0.308. The van der Waals surface area contributed by atoms with E-state index in [0.717, 1.165) is 25.9 Å². The first-order chi connectivity index (χ1) is 6.14. The normalized spacial score (nSPS) is 20.4. The Kier molecular flexibility index (Phi) is 4.11. The van der Waals surface area contributed by atoms with Crippen LogP contribution in [0.5, 0.6) is 0 Å². The van der Waals surface area contributed by atoms with Crippen LogP contribution < -0.4 is 5.90 Å². The summed E-state index contributed by atoms with van der Waals surface area (Å²) in [6, 6.07) is 0. The number of nitrogens with two attached hydrogens (primary N) is 1. The van der Waals surface area contributed by atoms with Crippen LogP contribution in [0.25, 0.3) is 0 Å². The number of rotatable bonds is 4. The molecular weight excluding hydrogens is 192 g/mol. The first-order valence-corrected chi connectivity index (χ1v) is 6.21. The second kappa shape index (κ2) is 4.90. The van der Waals surface area contributed by atoms with Crippen molar-refractivity contribution in [1.29, 1.82) is 0 Å². The van der Waals surface area contributed by atoms with E-state index in [1.807, 2.05) is 4.90 Å². The van der Waals surface area contributed by atoms with Crippen LogP contribution in [0, 0.1) is 0 Å². The van der Waals surface area contributed by atoms with Gasteiger partial charge in [0.05, 0.1) is 0 Å². The first kappa shape index (κ1) is 10.9. The van der Waals surface area contributed by atoms with Crippen molar-refractivity contribution >= 4 is 9.84 Å². The number of hydrogen-bond donors (Lipinski definition) is 1. The molecule has 1 rings (SSSR count). The summed E-state index contributed by atoms with van der Waals surface area (Å²) in [5.74, 6) is 4.41. The van der Waals surface area contributed by atoms with Gasteiger partial charge in [0.25, 0.3) is 0 Å². The molecule has 0 amide bonds. The van der Waals surface area contributed by atoms with E-state index >= 15 is 0 Å². The zero-order valence-corrected chi connectivity index (χ0v) is 8.42. The Morgan fingerprint density at radius 3 is 2.38 bits per heavy atom. The predicted molar refractivity (Wildman–Crippen MR) is 49.4 cm³/mol. The molecule has 2 N–H and O–H groups in total. The van der Waals surface area contributed by atoms with E-state index in [9.17, 15) is 8.42 Å². The molecule has 0 bridgehead atoms. The van der Waals surface area contributed by atoms with Crippen molar-refractivity contribution < 1.29 is 13.3 Å². The third kappa shape index (κ3) is 4.04. The van der Waals surface area contributed by atoms with Gasteiger partial charge < -0.3 is 0 Å². The molecule has 6 heteroatoms. The summed E-state index contributed by atoms with van der Waals surface area (Å²) in [5, 5.41) is 0. The van der Waals surface area contributed by atoms with Crippen molar-refractivity contribution in [1.82, 2.24) is 4.90 Å². The average Bonchev–Trinajstić information content (AvgIpc) is 2.04. The number of nitrogens with zero attached hydrogens (tertiary/aromatic N) is 1. The summed E-state index contributed by atoms with van der Waals surface area (Å²) in [7, 11) is -3.15. The quantitative estimate of drug-likeness (QED) is 0.642. The van der Waals surface area contributed by atoms with Crippen LogP contribution in [0.3, 0.4) is 0 Å². The van der Waals surface area contributed by atoms with E-state index in [4.69, 9.17) is 5.90 Å². The Hall–Kier alpha value is -0.170. The molecule has 1 saturated heterocycles. The van der Waals surface area contributed by atoms with Crippen molar-refractivity contribution in [3.8, 4) is 0 Å². The molecule has 5 nitrogen and oxygen atoms in total. The van der Waals surface area contributed by atoms with Crippen molar-refractivity contribution in [2.24, 2.45) is 5.90 Å². The van der Waals surface area contributed by atoms with Gasteiger partial charge in [-0.25, -0.2) is 14.3 Å². The fourth-order valence-electron chi connectivity index (χ4n) is 1.51. The second-order valence-electron chi connectivity index (χ2n) is 3.34. The van der Waals surface area contributed by atoms with E-state index in [1.54, 1.807) is 0 Å². The lowest BCUT2D eigenvalue weighted by molar-refractivity contribution is 0.179. The van der Waals surface area contributed by atoms with Gasteiger partial charge in [0.15, 0.2) is 15.8 Å². The lowest BCUT2D eigenvalue weighted by Crippen LogP contribution is -2.36. The number of hydrogen-bond acceptors (Lipinski definition) is 5. The van der Waals surface area contributed by atoms with E-state index in [0.29, 0.717) is 0 Å². The smallest absolute Gasteiger partial charge is 0.189 e. The van der Waals surface area contributed by atoms with Crippen LogP contribution in [-0.2, 0) is 14.7 Å². The van der Waals surface area contributed by atoms with E-state index in [-0.39, 0.29) is 11.8 Å². The Morgan fingerprint density at radius 2 is 1.85 bits per heavy atom. The molecule has 78 valence electrons. The van der Waals surface area contributed by atoms with Crippen LogP contribution in [0.2, 0.25) is 0 Å². The van der Waals surface area contributed by atoms with Gasteiger partial charge in [-0.05, 0) is 25.9 Å². The van der Waals surface area contributed by atoms with E-state index in [1.165, 1.54) is 6.42 Å². The summed E-state index contributed by atoms with van der Waals surface area (Å²) in [6.45, 7) is 1.73. The minimum Gasteiger partial charge on any atom is -0.290 e.